The molecule has 0 aliphatic carbocycles. The van der Waals surface area contributed by atoms with Gasteiger partial charge in [-0.1, -0.05) is 6.92 Å². The van der Waals surface area contributed by atoms with E-state index in [-0.39, 0.29) is 11.4 Å². The van der Waals surface area contributed by atoms with Crippen molar-refractivity contribution in [2.75, 3.05) is 32.7 Å². The molecule has 2 N–H and O–H groups in total. The van der Waals surface area contributed by atoms with Crippen LogP contribution in [0.2, 0.25) is 0 Å². The second-order valence-electron chi connectivity index (χ2n) is 6.72. The standard InChI is InChI=1S/C15H31N3O/c1-5-8-16-14(19)12-18-9-6-7-13(11-18)10-17-15(2,3)4/h13,17H,5-12H2,1-4H3,(H,16,19). The van der Waals surface area contributed by atoms with Crippen LogP contribution in [0.5, 0.6) is 0 Å². The van der Waals surface area contributed by atoms with E-state index < -0.39 is 0 Å². The quantitative estimate of drug-likeness (QED) is 0.770. The van der Waals surface area contributed by atoms with Crippen molar-refractivity contribution in [1.82, 2.24) is 15.5 Å². The zero-order chi connectivity index (χ0) is 14.3. The third-order valence-corrected chi connectivity index (χ3v) is 3.46. The highest BCUT2D eigenvalue weighted by Gasteiger charge is 2.22. The molecule has 1 aliphatic heterocycles. The van der Waals surface area contributed by atoms with Crippen molar-refractivity contribution in [2.45, 2.75) is 52.5 Å². The molecule has 0 saturated carbocycles. The number of piperidine rings is 1. The summed E-state index contributed by atoms with van der Waals surface area (Å²) in [6.07, 6.45) is 3.48. The van der Waals surface area contributed by atoms with Gasteiger partial charge in [-0.05, 0) is 59.0 Å². The van der Waals surface area contributed by atoms with Crippen LogP contribution in [0.1, 0.15) is 47.0 Å². The highest BCUT2D eigenvalue weighted by molar-refractivity contribution is 5.77. The molecule has 1 saturated heterocycles. The minimum Gasteiger partial charge on any atom is -0.355 e. The first-order valence-corrected chi connectivity index (χ1v) is 7.65. The van der Waals surface area contributed by atoms with Crippen molar-refractivity contribution in [3.8, 4) is 0 Å². The molecule has 1 heterocycles. The summed E-state index contributed by atoms with van der Waals surface area (Å²) in [7, 11) is 0. The Morgan fingerprint density at radius 2 is 2.11 bits per heavy atom. The van der Waals surface area contributed by atoms with Gasteiger partial charge in [-0.15, -0.1) is 0 Å². The number of carbonyl (C=O) groups is 1. The van der Waals surface area contributed by atoms with E-state index >= 15 is 0 Å². The number of likely N-dealkylation sites (tertiary alicyclic amines) is 1. The van der Waals surface area contributed by atoms with Crippen molar-refractivity contribution in [2.24, 2.45) is 5.92 Å². The molecule has 0 aromatic carbocycles. The summed E-state index contributed by atoms with van der Waals surface area (Å²) in [6, 6.07) is 0. The van der Waals surface area contributed by atoms with Gasteiger partial charge in [0.15, 0.2) is 0 Å². The minimum atomic E-state index is 0.172. The van der Waals surface area contributed by atoms with Crippen LogP contribution in [0, 0.1) is 5.92 Å². The van der Waals surface area contributed by atoms with E-state index in [2.05, 4.69) is 43.2 Å². The second kappa shape index (κ2) is 7.85. The zero-order valence-corrected chi connectivity index (χ0v) is 13.1. The molecular weight excluding hydrogens is 238 g/mol. The van der Waals surface area contributed by atoms with Gasteiger partial charge in [0.1, 0.15) is 0 Å². The lowest BCUT2D eigenvalue weighted by atomic mass is 9.96. The lowest BCUT2D eigenvalue weighted by molar-refractivity contribution is -0.122. The maximum Gasteiger partial charge on any atom is 0.234 e. The van der Waals surface area contributed by atoms with Gasteiger partial charge in [-0.3, -0.25) is 9.69 Å². The number of nitrogens with one attached hydrogen (secondary N) is 2. The second-order valence-corrected chi connectivity index (χ2v) is 6.72. The Hall–Kier alpha value is -0.610. The van der Waals surface area contributed by atoms with Gasteiger partial charge in [0.2, 0.25) is 5.91 Å². The van der Waals surface area contributed by atoms with Gasteiger partial charge in [-0.25, -0.2) is 0 Å². The Bertz CT molecular complexity index is 273. The van der Waals surface area contributed by atoms with Gasteiger partial charge in [0.05, 0.1) is 6.54 Å². The molecule has 1 amide bonds. The topological polar surface area (TPSA) is 44.4 Å². The van der Waals surface area contributed by atoms with Gasteiger partial charge >= 0.3 is 0 Å². The Labute approximate surface area is 118 Å². The molecule has 1 atom stereocenters. The van der Waals surface area contributed by atoms with Crippen molar-refractivity contribution < 1.29 is 4.79 Å². The van der Waals surface area contributed by atoms with Crippen LogP contribution < -0.4 is 10.6 Å². The number of rotatable bonds is 6. The average Bonchev–Trinajstić information content (AvgIpc) is 2.33. The zero-order valence-electron chi connectivity index (χ0n) is 13.1. The predicted octanol–water partition coefficient (Wildman–Crippen LogP) is 1.61. The van der Waals surface area contributed by atoms with Crippen molar-refractivity contribution in [3.05, 3.63) is 0 Å². The Morgan fingerprint density at radius 1 is 1.37 bits per heavy atom. The fourth-order valence-corrected chi connectivity index (χ4v) is 2.44. The molecule has 19 heavy (non-hydrogen) atoms. The number of hydrogen-bond acceptors (Lipinski definition) is 3. The monoisotopic (exact) mass is 269 g/mol. The van der Waals surface area contributed by atoms with Crippen LogP contribution in [0.3, 0.4) is 0 Å². The fourth-order valence-electron chi connectivity index (χ4n) is 2.44. The summed E-state index contributed by atoms with van der Waals surface area (Å²) in [4.78, 5) is 14.0. The summed E-state index contributed by atoms with van der Waals surface area (Å²) in [5, 5.41) is 6.53. The van der Waals surface area contributed by atoms with E-state index in [0.717, 1.165) is 32.6 Å². The summed E-state index contributed by atoms with van der Waals surface area (Å²) >= 11 is 0. The van der Waals surface area contributed by atoms with E-state index in [0.29, 0.717) is 12.5 Å². The SMILES string of the molecule is CCCNC(=O)CN1CCCC(CNC(C)(C)C)C1. The number of hydrogen-bond donors (Lipinski definition) is 2. The van der Waals surface area contributed by atoms with Gasteiger partial charge < -0.3 is 10.6 Å². The van der Waals surface area contributed by atoms with Crippen LogP contribution >= 0.6 is 0 Å². The molecule has 1 aliphatic rings. The molecule has 0 aromatic rings. The summed E-state index contributed by atoms with van der Waals surface area (Å²) < 4.78 is 0. The van der Waals surface area contributed by atoms with Gasteiger partial charge in [-0.2, -0.15) is 0 Å². The van der Waals surface area contributed by atoms with Crippen molar-refractivity contribution in [1.29, 1.82) is 0 Å². The maximum atomic E-state index is 11.7. The van der Waals surface area contributed by atoms with E-state index in [1.807, 2.05) is 0 Å². The Kier molecular flexibility index (Phi) is 6.80. The molecule has 0 radical (unpaired) electrons. The molecular formula is C15H31N3O. The molecule has 0 spiro atoms. The highest BCUT2D eigenvalue weighted by Crippen LogP contribution is 2.16. The fraction of sp³-hybridized carbons (Fsp3) is 0.933. The molecule has 112 valence electrons. The van der Waals surface area contributed by atoms with Crippen LogP contribution in [-0.4, -0.2) is 49.1 Å². The smallest absolute Gasteiger partial charge is 0.234 e. The van der Waals surface area contributed by atoms with Crippen molar-refractivity contribution >= 4 is 5.91 Å². The van der Waals surface area contributed by atoms with E-state index in [1.165, 1.54) is 12.8 Å². The molecule has 0 aromatic heterocycles. The van der Waals surface area contributed by atoms with Crippen LogP contribution in [0.25, 0.3) is 0 Å². The van der Waals surface area contributed by atoms with E-state index in [1.54, 1.807) is 0 Å². The van der Waals surface area contributed by atoms with Gasteiger partial charge in [0.25, 0.3) is 0 Å². The molecule has 1 unspecified atom stereocenters. The van der Waals surface area contributed by atoms with E-state index in [4.69, 9.17) is 0 Å². The first-order valence-electron chi connectivity index (χ1n) is 7.65. The minimum absolute atomic E-state index is 0.172. The van der Waals surface area contributed by atoms with Crippen LogP contribution in [-0.2, 0) is 4.79 Å². The molecule has 1 fully saturated rings. The lowest BCUT2D eigenvalue weighted by Crippen LogP contribution is -2.47. The summed E-state index contributed by atoms with van der Waals surface area (Å²) in [6.45, 7) is 13.2. The van der Waals surface area contributed by atoms with Crippen LogP contribution in [0.4, 0.5) is 0 Å². The molecule has 4 heteroatoms. The lowest BCUT2D eigenvalue weighted by Gasteiger charge is -2.34. The highest BCUT2D eigenvalue weighted by atomic mass is 16.2. The predicted molar refractivity (Wildman–Crippen MR) is 80.2 cm³/mol. The number of nitrogens with zero attached hydrogens (tertiary/aromatic N) is 1. The van der Waals surface area contributed by atoms with Crippen molar-refractivity contribution in [3.63, 3.8) is 0 Å². The maximum absolute atomic E-state index is 11.7. The normalized spacial score (nSPS) is 21.4. The van der Waals surface area contributed by atoms with Gasteiger partial charge in [0, 0.05) is 18.6 Å². The van der Waals surface area contributed by atoms with Crippen LogP contribution in [0.15, 0.2) is 0 Å². The summed E-state index contributed by atoms with van der Waals surface area (Å²) in [5.41, 5.74) is 0.181. The number of amides is 1. The molecule has 4 nitrogen and oxygen atoms in total. The third kappa shape index (κ3) is 7.53. The molecule has 1 rings (SSSR count). The molecule has 0 bridgehead atoms. The van der Waals surface area contributed by atoms with E-state index in [9.17, 15) is 4.79 Å². The first-order chi connectivity index (χ1) is 8.90. The Balaban J connectivity index is 2.27. The first kappa shape index (κ1) is 16.4. The Morgan fingerprint density at radius 3 is 2.74 bits per heavy atom. The average molecular weight is 269 g/mol. The number of carbonyl (C=O) groups excluding carboxylic acids is 1. The summed E-state index contributed by atoms with van der Waals surface area (Å²) in [5.74, 6) is 0.846. The third-order valence-electron chi connectivity index (χ3n) is 3.46. The largest absolute Gasteiger partial charge is 0.355 e.